The number of hydrogen-bond acceptors (Lipinski definition) is 3. The number of benzene rings is 1. The molecule has 2 N–H and O–H groups in total. The maximum absolute atomic E-state index is 12.1. The highest BCUT2D eigenvalue weighted by molar-refractivity contribution is 7.09. The second-order valence-corrected chi connectivity index (χ2v) is 6.53. The van der Waals surface area contributed by atoms with Crippen molar-refractivity contribution in [3.63, 3.8) is 0 Å². The van der Waals surface area contributed by atoms with E-state index in [9.17, 15) is 13.2 Å². The van der Waals surface area contributed by atoms with Gasteiger partial charge in [-0.1, -0.05) is 18.2 Å². The summed E-state index contributed by atoms with van der Waals surface area (Å²) in [5, 5.41) is 8.50. The van der Waals surface area contributed by atoms with E-state index in [-0.39, 0.29) is 5.75 Å². The van der Waals surface area contributed by atoms with Crippen molar-refractivity contribution in [1.82, 2.24) is 10.6 Å². The lowest BCUT2D eigenvalue weighted by atomic mass is 10.2. The topological polar surface area (TPSA) is 45.7 Å². The first-order chi connectivity index (χ1) is 12.5. The number of ether oxygens (including phenoxy) is 1. The maximum Gasteiger partial charge on any atom is 0.422 e. The minimum Gasteiger partial charge on any atom is -0.484 e. The van der Waals surface area contributed by atoms with Crippen LogP contribution in [0.1, 0.15) is 17.4 Å². The summed E-state index contributed by atoms with van der Waals surface area (Å²) >= 11 is 1.72. The Labute approximate surface area is 155 Å². The fourth-order valence-electron chi connectivity index (χ4n) is 2.13. The van der Waals surface area contributed by atoms with E-state index in [1.165, 1.54) is 17.0 Å². The van der Waals surface area contributed by atoms with E-state index >= 15 is 0 Å². The van der Waals surface area contributed by atoms with Crippen molar-refractivity contribution < 1.29 is 17.9 Å². The third-order valence-electron chi connectivity index (χ3n) is 3.33. The quantitative estimate of drug-likeness (QED) is 0.534. The van der Waals surface area contributed by atoms with E-state index in [1.807, 2.05) is 13.0 Å². The molecule has 0 radical (unpaired) electrons. The van der Waals surface area contributed by atoms with Gasteiger partial charge in [-0.3, -0.25) is 0 Å². The summed E-state index contributed by atoms with van der Waals surface area (Å²) in [6, 6.07) is 10.6. The van der Waals surface area contributed by atoms with Crippen molar-refractivity contribution in [3.8, 4) is 5.75 Å². The standard InChI is InChI=1S/C18H22F3N3OS/c1-2-22-17(23-10-9-16-4-3-11-26-16)24-12-14-5-7-15(8-6-14)25-13-18(19,20)21/h3-8,11H,2,9-10,12-13H2,1H3,(H2,22,23,24). The molecule has 0 aliphatic heterocycles. The van der Waals surface area contributed by atoms with Crippen LogP contribution in [-0.2, 0) is 13.0 Å². The van der Waals surface area contributed by atoms with Crippen LogP contribution < -0.4 is 15.4 Å². The Balaban J connectivity index is 1.83. The highest BCUT2D eigenvalue weighted by Gasteiger charge is 2.28. The molecule has 0 spiro atoms. The second-order valence-electron chi connectivity index (χ2n) is 5.50. The maximum atomic E-state index is 12.1. The first-order valence-corrected chi connectivity index (χ1v) is 9.17. The van der Waals surface area contributed by atoms with Gasteiger partial charge in [0.05, 0.1) is 6.54 Å². The Hall–Kier alpha value is -2.22. The lowest BCUT2D eigenvalue weighted by Gasteiger charge is -2.11. The van der Waals surface area contributed by atoms with Crippen molar-refractivity contribution in [3.05, 3.63) is 52.2 Å². The molecule has 0 amide bonds. The van der Waals surface area contributed by atoms with Crippen LogP contribution in [0.3, 0.4) is 0 Å². The smallest absolute Gasteiger partial charge is 0.422 e. The third-order valence-corrected chi connectivity index (χ3v) is 4.27. The van der Waals surface area contributed by atoms with Crippen LogP contribution in [0.2, 0.25) is 0 Å². The summed E-state index contributed by atoms with van der Waals surface area (Å²) in [5.41, 5.74) is 0.889. The van der Waals surface area contributed by atoms with Crippen LogP contribution in [0.15, 0.2) is 46.8 Å². The summed E-state index contributed by atoms with van der Waals surface area (Å²) in [6.07, 6.45) is -3.41. The molecule has 1 heterocycles. The summed E-state index contributed by atoms with van der Waals surface area (Å²) in [6.45, 7) is 2.64. The first-order valence-electron chi connectivity index (χ1n) is 8.29. The summed E-state index contributed by atoms with van der Waals surface area (Å²) in [7, 11) is 0. The van der Waals surface area contributed by atoms with E-state index in [4.69, 9.17) is 4.74 Å². The zero-order valence-corrected chi connectivity index (χ0v) is 15.3. The molecule has 0 saturated carbocycles. The fraction of sp³-hybridized carbons (Fsp3) is 0.389. The highest BCUT2D eigenvalue weighted by Crippen LogP contribution is 2.19. The molecule has 2 aromatic rings. The Morgan fingerprint density at radius 3 is 2.54 bits per heavy atom. The zero-order valence-electron chi connectivity index (χ0n) is 14.5. The normalized spacial score (nSPS) is 12.1. The molecule has 0 aliphatic carbocycles. The fourth-order valence-corrected chi connectivity index (χ4v) is 2.84. The van der Waals surface area contributed by atoms with Gasteiger partial charge in [0, 0.05) is 18.0 Å². The van der Waals surface area contributed by atoms with Gasteiger partial charge >= 0.3 is 6.18 Å². The largest absolute Gasteiger partial charge is 0.484 e. The number of nitrogens with one attached hydrogen (secondary N) is 2. The van der Waals surface area contributed by atoms with E-state index < -0.39 is 12.8 Å². The minimum atomic E-state index is -4.33. The van der Waals surface area contributed by atoms with Gasteiger partial charge in [-0.2, -0.15) is 13.2 Å². The summed E-state index contributed by atoms with van der Waals surface area (Å²) < 4.78 is 41.1. The van der Waals surface area contributed by atoms with Gasteiger partial charge < -0.3 is 15.4 Å². The Morgan fingerprint density at radius 1 is 1.15 bits per heavy atom. The molecule has 0 unspecified atom stereocenters. The molecule has 142 valence electrons. The Morgan fingerprint density at radius 2 is 1.92 bits per heavy atom. The van der Waals surface area contributed by atoms with Crippen LogP contribution >= 0.6 is 11.3 Å². The van der Waals surface area contributed by atoms with Crippen LogP contribution in [0.25, 0.3) is 0 Å². The van der Waals surface area contributed by atoms with E-state index in [2.05, 4.69) is 27.1 Å². The lowest BCUT2D eigenvalue weighted by molar-refractivity contribution is -0.153. The molecule has 26 heavy (non-hydrogen) atoms. The monoisotopic (exact) mass is 385 g/mol. The molecular formula is C18H22F3N3OS. The van der Waals surface area contributed by atoms with E-state index in [1.54, 1.807) is 23.5 Å². The van der Waals surface area contributed by atoms with Gasteiger partial charge in [0.1, 0.15) is 5.75 Å². The summed E-state index contributed by atoms with van der Waals surface area (Å²) in [4.78, 5) is 5.80. The molecule has 1 aromatic heterocycles. The van der Waals surface area contributed by atoms with Crippen LogP contribution in [-0.4, -0.2) is 31.8 Å². The summed E-state index contributed by atoms with van der Waals surface area (Å²) in [5.74, 6) is 0.900. The number of hydrogen-bond donors (Lipinski definition) is 2. The minimum absolute atomic E-state index is 0.191. The van der Waals surface area contributed by atoms with Gasteiger partial charge in [-0.05, 0) is 42.5 Å². The average molecular weight is 385 g/mol. The number of thiophene rings is 1. The Bertz CT molecular complexity index is 670. The molecule has 0 aliphatic rings. The van der Waals surface area contributed by atoms with Crippen LogP contribution in [0, 0.1) is 0 Å². The molecule has 0 atom stereocenters. The van der Waals surface area contributed by atoms with Gasteiger partial charge in [-0.15, -0.1) is 11.3 Å². The highest BCUT2D eigenvalue weighted by atomic mass is 32.1. The number of nitrogens with zero attached hydrogens (tertiary/aromatic N) is 1. The van der Waals surface area contributed by atoms with Gasteiger partial charge in [0.15, 0.2) is 12.6 Å². The zero-order chi connectivity index (χ0) is 18.8. The van der Waals surface area contributed by atoms with Crippen molar-refractivity contribution in [2.45, 2.75) is 26.1 Å². The number of aliphatic imine (C=N–C) groups is 1. The molecule has 0 saturated heterocycles. The number of alkyl halides is 3. The number of guanidine groups is 1. The van der Waals surface area contributed by atoms with Crippen LogP contribution in [0.4, 0.5) is 13.2 Å². The predicted molar refractivity (Wildman–Crippen MR) is 98.8 cm³/mol. The van der Waals surface area contributed by atoms with Crippen molar-refractivity contribution in [2.24, 2.45) is 4.99 Å². The van der Waals surface area contributed by atoms with E-state index in [0.717, 1.165) is 25.1 Å². The van der Waals surface area contributed by atoms with Gasteiger partial charge in [-0.25, -0.2) is 4.99 Å². The van der Waals surface area contributed by atoms with Gasteiger partial charge in [0.2, 0.25) is 0 Å². The van der Waals surface area contributed by atoms with Crippen molar-refractivity contribution in [2.75, 3.05) is 19.7 Å². The average Bonchev–Trinajstić information content (AvgIpc) is 3.11. The molecule has 4 nitrogen and oxygen atoms in total. The molecule has 0 fully saturated rings. The van der Waals surface area contributed by atoms with Gasteiger partial charge in [0.25, 0.3) is 0 Å². The molecule has 2 rings (SSSR count). The molecular weight excluding hydrogens is 363 g/mol. The lowest BCUT2D eigenvalue weighted by Crippen LogP contribution is -2.38. The second kappa shape index (κ2) is 10.1. The predicted octanol–water partition coefficient (Wildman–Crippen LogP) is 3.99. The number of rotatable bonds is 8. The SMILES string of the molecule is CCNC(=NCc1ccc(OCC(F)(F)F)cc1)NCCc1cccs1. The molecule has 1 aromatic carbocycles. The molecule has 8 heteroatoms. The van der Waals surface area contributed by atoms with Crippen molar-refractivity contribution >= 4 is 17.3 Å². The first kappa shape index (κ1) is 20.1. The molecule has 0 bridgehead atoms. The third kappa shape index (κ3) is 7.77. The Kier molecular flexibility index (Phi) is 7.77. The van der Waals surface area contributed by atoms with E-state index in [0.29, 0.717) is 12.5 Å². The number of halogens is 3. The van der Waals surface area contributed by atoms with Crippen LogP contribution in [0.5, 0.6) is 5.75 Å². The van der Waals surface area contributed by atoms with Crippen molar-refractivity contribution in [1.29, 1.82) is 0 Å².